The third kappa shape index (κ3) is 3.65. The van der Waals surface area contributed by atoms with Gasteiger partial charge in [0.25, 0.3) is 0 Å². The molecule has 0 aliphatic rings. The molecule has 0 fully saturated rings. The minimum absolute atomic E-state index is 0.0226. The lowest BCUT2D eigenvalue weighted by Gasteiger charge is -2.13. The number of hydrogen-bond donors (Lipinski definition) is 2. The van der Waals surface area contributed by atoms with Gasteiger partial charge in [0.1, 0.15) is 17.1 Å². The van der Waals surface area contributed by atoms with E-state index in [0.717, 1.165) is 0 Å². The fourth-order valence-electron chi connectivity index (χ4n) is 2.32. The molecule has 0 saturated carbocycles. The smallest absolute Gasteiger partial charge is 0.312 e. The first-order valence-electron chi connectivity index (χ1n) is 7.08. The number of carbonyl (C=O) groups excluding carboxylic acids is 1. The number of phenols is 1. The highest BCUT2D eigenvalue weighted by Crippen LogP contribution is 2.23. The van der Waals surface area contributed by atoms with Crippen molar-refractivity contribution in [3.63, 3.8) is 0 Å². The largest absolute Gasteiger partial charge is 0.508 e. The molecule has 2 rings (SSSR count). The normalized spacial score (nSPS) is 12.0. The molecule has 1 aromatic carbocycles. The summed E-state index contributed by atoms with van der Waals surface area (Å²) in [5.74, 6) is -0.648. The number of aryl methyl sites for hydroxylation is 1. The minimum Gasteiger partial charge on any atom is -0.508 e. The van der Waals surface area contributed by atoms with Gasteiger partial charge < -0.3 is 10.4 Å². The number of benzene rings is 1. The van der Waals surface area contributed by atoms with Gasteiger partial charge in [-0.1, -0.05) is 13.0 Å². The van der Waals surface area contributed by atoms with Crippen LogP contribution in [0, 0.1) is 29.9 Å². The van der Waals surface area contributed by atoms with E-state index in [-0.39, 0.29) is 23.9 Å². The molecule has 0 aliphatic heterocycles. The second-order valence-corrected chi connectivity index (χ2v) is 5.40. The van der Waals surface area contributed by atoms with Gasteiger partial charge in [-0.2, -0.15) is 5.10 Å². The van der Waals surface area contributed by atoms with Crippen LogP contribution >= 0.6 is 0 Å². The Morgan fingerprint density at radius 3 is 2.74 bits per heavy atom. The number of aromatic hydroxyl groups is 1. The van der Waals surface area contributed by atoms with Gasteiger partial charge >= 0.3 is 5.69 Å². The van der Waals surface area contributed by atoms with Crippen LogP contribution in [0.1, 0.15) is 18.3 Å². The van der Waals surface area contributed by atoms with Crippen LogP contribution in [-0.2, 0) is 11.3 Å². The maximum absolute atomic E-state index is 12.2. The Bertz CT molecular complexity index is 754. The lowest BCUT2D eigenvalue weighted by Crippen LogP contribution is -2.25. The molecule has 0 bridgehead atoms. The Balaban J connectivity index is 2.10. The van der Waals surface area contributed by atoms with Crippen LogP contribution in [0.3, 0.4) is 0 Å². The first-order chi connectivity index (χ1) is 10.8. The zero-order valence-electron chi connectivity index (χ0n) is 13.1. The first kappa shape index (κ1) is 16.5. The molecular weight excluding hydrogens is 300 g/mol. The Morgan fingerprint density at radius 2 is 2.17 bits per heavy atom. The molecular formula is C15H18N4O4. The molecule has 23 heavy (non-hydrogen) atoms. The highest BCUT2D eigenvalue weighted by atomic mass is 16.6. The van der Waals surface area contributed by atoms with E-state index in [9.17, 15) is 20.0 Å². The van der Waals surface area contributed by atoms with Gasteiger partial charge in [-0.25, -0.2) is 0 Å². The second kappa shape index (κ2) is 6.47. The van der Waals surface area contributed by atoms with Crippen LogP contribution in [-0.4, -0.2) is 25.7 Å². The first-order valence-corrected chi connectivity index (χ1v) is 7.08. The summed E-state index contributed by atoms with van der Waals surface area (Å²) in [5, 5.41) is 27.2. The summed E-state index contributed by atoms with van der Waals surface area (Å²) >= 11 is 0. The molecule has 1 amide bonds. The van der Waals surface area contributed by atoms with Crippen molar-refractivity contribution in [3.8, 4) is 5.75 Å². The summed E-state index contributed by atoms with van der Waals surface area (Å²) in [6, 6.07) is 6.24. The molecule has 8 nitrogen and oxygen atoms in total. The van der Waals surface area contributed by atoms with Gasteiger partial charge in [-0.15, -0.1) is 0 Å². The fraction of sp³-hybridized carbons (Fsp3) is 0.333. The van der Waals surface area contributed by atoms with Gasteiger partial charge in [0.05, 0.1) is 17.4 Å². The zero-order valence-corrected chi connectivity index (χ0v) is 13.1. The summed E-state index contributed by atoms with van der Waals surface area (Å²) in [6.07, 6.45) is 0. The van der Waals surface area contributed by atoms with Gasteiger partial charge in [0, 0.05) is 11.8 Å². The van der Waals surface area contributed by atoms with Gasteiger partial charge in [0.2, 0.25) is 5.91 Å². The summed E-state index contributed by atoms with van der Waals surface area (Å²) in [5.41, 5.74) is 1.21. The molecule has 0 saturated heterocycles. The van der Waals surface area contributed by atoms with Crippen molar-refractivity contribution < 1.29 is 14.8 Å². The molecule has 2 N–H and O–H groups in total. The number of carbonyl (C=O) groups is 1. The van der Waals surface area contributed by atoms with E-state index in [1.807, 2.05) is 0 Å². The van der Waals surface area contributed by atoms with E-state index in [2.05, 4.69) is 10.4 Å². The van der Waals surface area contributed by atoms with Crippen molar-refractivity contribution in [2.24, 2.45) is 5.92 Å². The van der Waals surface area contributed by atoms with Crippen LogP contribution in [0.4, 0.5) is 11.4 Å². The third-order valence-corrected chi connectivity index (χ3v) is 3.53. The number of rotatable bonds is 5. The van der Waals surface area contributed by atoms with E-state index < -0.39 is 10.8 Å². The lowest BCUT2D eigenvalue weighted by molar-refractivity contribution is -0.386. The van der Waals surface area contributed by atoms with Crippen molar-refractivity contribution in [1.82, 2.24) is 9.78 Å². The van der Waals surface area contributed by atoms with E-state index in [0.29, 0.717) is 17.1 Å². The Kier molecular flexibility index (Phi) is 4.63. The predicted octanol–water partition coefficient (Wildman–Crippen LogP) is 2.39. The topological polar surface area (TPSA) is 110 Å². The molecule has 0 aliphatic carbocycles. The highest BCUT2D eigenvalue weighted by Gasteiger charge is 2.24. The number of aromatic nitrogens is 2. The summed E-state index contributed by atoms with van der Waals surface area (Å²) in [6.45, 7) is 5.11. The third-order valence-electron chi connectivity index (χ3n) is 3.53. The van der Waals surface area contributed by atoms with Gasteiger partial charge in [0.15, 0.2) is 0 Å². The number of nitrogens with zero attached hydrogens (tertiary/aromatic N) is 3. The van der Waals surface area contributed by atoms with Gasteiger partial charge in [-0.05, 0) is 26.0 Å². The van der Waals surface area contributed by atoms with E-state index >= 15 is 0 Å². The molecule has 1 unspecified atom stereocenters. The molecule has 2 aromatic rings. The van der Waals surface area contributed by atoms with Crippen molar-refractivity contribution in [1.29, 1.82) is 0 Å². The maximum Gasteiger partial charge on any atom is 0.312 e. The molecule has 122 valence electrons. The molecule has 0 spiro atoms. The van der Waals surface area contributed by atoms with Crippen molar-refractivity contribution in [2.45, 2.75) is 27.3 Å². The zero-order chi connectivity index (χ0) is 17.1. The summed E-state index contributed by atoms with van der Waals surface area (Å²) in [4.78, 5) is 22.7. The number of nitrogens with one attached hydrogen (secondary N) is 1. The minimum atomic E-state index is -0.467. The van der Waals surface area contributed by atoms with Crippen LogP contribution in [0.15, 0.2) is 24.3 Å². The number of nitro groups is 1. The van der Waals surface area contributed by atoms with E-state index in [4.69, 9.17) is 0 Å². The summed E-state index contributed by atoms with van der Waals surface area (Å²) in [7, 11) is 0. The maximum atomic E-state index is 12.2. The second-order valence-electron chi connectivity index (χ2n) is 5.40. The number of phenolic OH excluding ortho intramolecular Hbond substituents is 1. The van der Waals surface area contributed by atoms with Crippen molar-refractivity contribution in [2.75, 3.05) is 5.32 Å². The quantitative estimate of drug-likeness (QED) is 0.649. The summed E-state index contributed by atoms with van der Waals surface area (Å²) < 4.78 is 1.47. The highest BCUT2D eigenvalue weighted by molar-refractivity contribution is 5.92. The number of amides is 1. The molecule has 1 heterocycles. The van der Waals surface area contributed by atoms with Crippen LogP contribution in [0.25, 0.3) is 0 Å². The van der Waals surface area contributed by atoms with E-state index in [1.165, 1.54) is 16.8 Å². The molecule has 0 radical (unpaired) electrons. The monoisotopic (exact) mass is 318 g/mol. The molecule has 1 aromatic heterocycles. The number of hydrogen-bond acceptors (Lipinski definition) is 5. The molecule has 1 atom stereocenters. The van der Waals surface area contributed by atoms with Crippen molar-refractivity contribution in [3.05, 3.63) is 45.8 Å². The van der Waals surface area contributed by atoms with Crippen molar-refractivity contribution >= 4 is 17.3 Å². The van der Waals surface area contributed by atoms with Gasteiger partial charge in [-0.3, -0.25) is 19.6 Å². The lowest BCUT2D eigenvalue weighted by atomic mass is 10.1. The van der Waals surface area contributed by atoms with Crippen LogP contribution in [0.2, 0.25) is 0 Å². The number of anilines is 1. The van der Waals surface area contributed by atoms with Crippen LogP contribution in [0.5, 0.6) is 5.75 Å². The van der Waals surface area contributed by atoms with Crippen LogP contribution < -0.4 is 5.32 Å². The SMILES string of the molecule is Cc1nn(CC(C)C(=O)Nc2cccc(O)c2)c(C)c1[N+](=O)[O-]. The molecule has 8 heteroatoms. The average Bonchev–Trinajstić information content (AvgIpc) is 2.73. The Morgan fingerprint density at radius 1 is 1.48 bits per heavy atom. The fourth-order valence-corrected chi connectivity index (χ4v) is 2.32. The standard InChI is InChI=1S/C15H18N4O4/c1-9(15(21)16-12-5-4-6-13(20)7-12)8-18-11(3)14(19(22)23)10(2)17-18/h4-7,9,20H,8H2,1-3H3,(H,16,21). The predicted molar refractivity (Wildman–Crippen MR) is 84.3 cm³/mol. The average molecular weight is 318 g/mol. The Hall–Kier alpha value is -2.90. The van der Waals surface area contributed by atoms with E-state index in [1.54, 1.807) is 32.9 Å². The Labute approximate surface area is 132 Å².